The number of β-amino-alcohol motifs (C(OH)–C–C–N with tert-alkyl or cyclic N) is 2. The second-order valence-electron chi connectivity index (χ2n) is 15.3. The minimum Gasteiger partial charge on any atom is -0.389 e. The SMILES string of the molecule is NC1CCN(C2C(N3CCc4ccccc4C3)C(O)CN2C(=O)N2CC(O)C(N3CCc4ccccc4C3)C2N2CCC(N)CC2)CC1. The van der Waals surface area contributed by atoms with E-state index >= 15 is 4.79 Å². The summed E-state index contributed by atoms with van der Waals surface area (Å²) in [6, 6.07) is 17.0. The third-order valence-electron chi connectivity index (χ3n) is 12.4. The van der Waals surface area contributed by atoms with Crippen LogP contribution in [0.5, 0.6) is 0 Å². The molecule has 6 aliphatic rings. The van der Waals surface area contributed by atoms with Crippen LogP contribution in [0.15, 0.2) is 48.5 Å². The van der Waals surface area contributed by atoms with Crippen LogP contribution >= 0.6 is 0 Å². The summed E-state index contributed by atoms with van der Waals surface area (Å²) in [5.41, 5.74) is 18.1. The van der Waals surface area contributed by atoms with Crippen molar-refractivity contribution in [1.29, 1.82) is 0 Å². The molecule has 2 aromatic carbocycles. The van der Waals surface area contributed by atoms with Crippen molar-refractivity contribution >= 4 is 6.03 Å². The van der Waals surface area contributed by atoms with Crippen LogP contribution < -0.4 is 11.5 Å². The lowest BCUT2D eigenvalue weighted by Gasteiger charge is -2.48. The standard InChI is InChI=1S/C37H54N8O3/c38-29-11-17-40(18-12-29)35-33(42-15-9-25-5-1-3-7-27(25)21-42)31(46)23-44(35)37(48)45-24-32(47)34(36(45)41-19-13-30(39)14-20-41)43-16-10-26-6-2-4-8-28(26)22-43/h1-8,29-36,46-47H,9-24,38-39H2. The van der Waals surface area contributed by atoms with Crippen molar-refractivity contribution < 1.29 is 15.0 Å². The Morgan fingerprint density at radius 1 is 0.562 bits per heavy atom. The highest BCUT2D eigenvalue weighted by molar-refractivity contribution is 5.76. The average molecular weight is 659 g/mol. The number of fused-ring (bicyclic) bond motifs is 2. The number of urea groups is 1. The Morgan fingerprint density at radius 2 is 0.938 bits per heavy atom. The van der Waals surface area contributed by atoms with E-state index in [0.29, 0.717) is 0 Å². The zero-order chi connectivity index (χ0) is 32.9. The van der Waals surface area contributed by atoms with Gasteiger partial charge in [0.2, 0.25) is 0 Å². The van der Waals surface area contributed by atoms with E-state index in [9.17, 15) is 10.2 Å². The predicted molar refractivity (Wildman–Crippen MR) is 185 cm³/mol. The predicted octanol–water partition coefficient (Wildman–Crippen LogP) is 0.812. The molecule has 6 unspecified atom stereocenters. The minimum absolute atomic E-state index is 0.0762. The van der Waals surface area contributed by atoms with Gasteiger partial charge in [0.1, 0.15) is 12.3 Å². The van der Waals surface area contributed by atoms with Gasteiger partial charge in [-0.3, -0.25) is 19.6 Å². The summed E-state index contributed by atoms with van der Waals surface area (Å²) in [5.74, 6) is 0. The highest BCUT2D eigenvalue weighted by Gasteiger charge is 2.55. The first-order valence-corrected chi connectivity index (χ1v) is 18.4. The maximum absolute atomic E-state index is 15.1. The molecule has 2 amide bonds. The molecule has 0 saturated carbocycles. The molecule has 6 aliphatic heterocycles. The second kappa shape index (κ2) is 13.6. The average Bonchev–Trinajstić information content (AvgIpc) is 3.64. The molecule has 0 bridgehead atoms. The van der Waals surface area contributed by atoms with Gasteiger partial charge in [-0.15, -0.1) is 0 Å². The number of hydrogen-bond acceptors (Lipinski definition) is 9. The monoisotopic (exact) mass is 658 g/mol. The number of aliphatic hydroxyl groups is 2. The number of likely N-dealkylation sites (tertiary alicyclic amines) is 4. The second-order valence-corrected chi connectivity index (χ2v) is 15.3. The number of hydrogen-bond donors (Lipinski definition) is 4. The number of benzene rings is 2. The van der Waals surface area contributed by atoms with Crippen LogP contribution in [-0.4, -0.2) is 147 Å². The molecule has 0 aliphatic carbocycles. The molecule has 8 rings (SSSR count). The van der Waals surface area contributed by atoms with Crippen molar-refractivity contribution in [3.63, 3.8) is 0 Å². The molecule has 4 saturated heterocycles. The van der Waals surface area contributed by atoms with Crippen LogP contribution in [0.3, 0.4) is 0 Å². The molecule has 6 N–H and O–H groups in total. The van der Waals surface area contributed by atoms with Gasteiger partial charge < -0.3 is 31.5 Å². The summed E-state index contributed by atoms with van der Waals surface area (Å²) in [6.45, 7) is 6.99. The normalized spacial score (nSPS) is 33.2. The first-order chi connectivity index (χ1) is 23.4. The lowest BCUT2D eigenvalue weighted by molar-refractivity contribution is -0.0228. The Labute approximate surface area is 285 Å². The molecule has 0 spiro atoms. The van der Waals surface area contributed by atoms with Gasteiger partial charge in [-0.2, -0.15) is 0 Å². The van der Waals surface area contributed by atoms with Crippen LogP contribution in [0, 0.1) is 0 Å². The zero-order valence-corrected chi connectivity index (χ0v) is 28.2. The Bertz CT molecular complexity index is 1340. The van der Waals surface area contributed by atoms with Crippen molar-refractivity contribution in [2.45, 2.75) is 100 Å². The third kappa shape index (κ3) is 6.06. The molecular formula is C37H54N8O3. The smallest absolute Gasteiger partial charge is 0.322 e. The van der Waals surface area contributed by atoms with Crippen LogP contribution in [-0.2, 0) is 25.9 Å². The van der Waals surface area contributed by atoms with E-state index in [2.05, 4.69) is 68.1 Å². The number of nitrogens with zero attached hydrogens (tertiary/aromatic N) is 6. The van der Waals surface area contributed by atoms with Crippen LogP contribution in [0.4, 0.5) is 4.79 Å². The van der Waals surface area contributed by atoms with E-state index in [4.69, 9.17) is 11.5 Å². The lowest BCUT2D eigenvalue weighted by Crippen LogP contribution is -2.64. The number of rotatable bonds is 4. The van der Waals surface area contributed by atoms with E-state index in [1.165, 1.54) is 22.3 Å². The summed E-state index contributed by atoms with van der Waals surface area (Å²) in [6.07, 6.45) is 3.50. The molecule has 4 fully saturated rings. The van der Waals surface area contributed by atoms with E-state index in [1.54, 1.807) is 0 Å². The van der Waals surface area contributed by atoms with Crippen LogP contribution in [0.25, 0.3) is 0 Å². The number of aliphatic hydroxyl groups excluding tert-OH is 2. The Hall–Kier alpha value is -2.61. The van der Waals surface area contributed by atoms with E-state index in [0.717, 1.165) is 90.9 Å². The van der Waals surface area contributed by atoms with Gasteiger partial charge in [-0.1, -0.05) is 48.5 Å². The molecule has 6 atom stereocenters. The topological polar surface area (TPSA) is 129 Å². The van der Waals surface area contributed by atoms with Crippen molar-refractivity contribution in [3.05, 3.63) is 70.8 Å². The van der Waals surface area contributed by atoms with E-state index < -0.39 is 12.2 Å². The van der Waals surface area contributed by atoms with E-state index in [-0.39, 0.29) is 55.6 Å². The largest absolute Gasteiger partial charge is 0.389 e. The van der Waals surface area contributed by atoms with Crippen molar-refractivity contribution in [1.82, 2.24) is 29.4 Å². The van der Waals surface area contributed by atoms with Gasteiger partial charge >= 0.3 is 6.03 Å². The van der Waals surface area contributed by atoms with Gasteiger partial charge in [0.25, 0.3) is 0 Å². The van der Waals surface area contributed by atoms with Gasteiger partial charge in [0, 0.05) is 64.4 Å². The summed E-state index contributed by atoms with van der Waals surface area (Å²) in [7, 11) is 0. The fraction of sp³-hybridized carbons (Fsp3) is 0.649. The summed E-state index contributed by atoms with van der Waals surface area (Å²) in [4.78, 5) is 28.7. The van der Waals surface area contributed by atoms with Crippen molar-refractivity contribution in [2.75, 3.05) is 52.4 Å². The first kappa shape index (κ1) is 32.6. The molecular weight excluding hydrogens is 604 g/mol. The number of carbonyl (C=O) groups excluding carboxylic acids is 1. The Morgan fingerprint density at radius 3 is 1.33 bits per heavy atom. The van der Waals surface area contributed by atoms with Crippen molar-refractivity contribution in [3.8, 4) is 0 Å². The maximum atomic E-state index is 15.1. The summed E-state index contributed by atoms with van der Waals surface area (Å²) >= 11 is 0. The Balaban J connectivity index is 1.10. The molecule has 0 radical (unpaired) electrons. The summed E-state index contributed by atoms with van der Waals surface area (Å²) in [5, 5.41) is 23.7. The molecule has 6 heterocycles. The highest BCUT2D eigenvalue weighted by atomic mass is 16.3. The van der Waals surface area contributed by atoms with Gasteiger partial charge in [-0.25, -0.2) is 4.79 Å². The first-order valence-electron chi connectivity index (χ1n) is 18.4. The van der Waals surface area contributed by atoms with Crippen LogP contribution in [0.1, 0.15) is 47.9 Å². The van der Waals surface area contributed by atoms with Crippen molar-refractivity contribution in [2.24, 2.45) is 11.5 Å². The number of piperidine rings is 2. The number of carbonyl (C=O) groups is 1. The lowest BCUT2D eigenvalue weighted by atomic mass is 9.96. The van der Waals surface area contributed by atoms with Gasteiger partial charge in [0.05, 0.1) is 37.4 Å². The van der Waals surface area contributed by atoms with E-state index in [1.807, 2.05) is 9.80 Å². The third-order valence-corrected chi connectivity index (χ3v) is 12.4. The highest BCUT2D eigenvalue weighted by Crippen LogP contribution is 2.37. The molecule has 11 heteroatoms. The van der Waals surface area contributed by atoms with Gasteiger partial charge in [-0.05, 0) is 60.8 Å². The maximum Gasteiger partial charge on any atom is 0.322 e. The van der Waals surface area contributed by atoms with Crippen LogP contribution in [0.2, 0.25) is 0 Å². The zero-order valence-electron chi connectivity index (χ0n) is 28.2. The summed E-state index contributed by atoms with van der Waals surface area (Å²) < 4.78 is 0. The fourth-order valence-electron chi connectivity index (χ4n) is 9.75. The Kier molecular flexibility index (Phi) is 9.23. The minimum atomic E-state index is -0.673. The molecule has 11 nitrogen and oxygen atoms in total. The number of nitrogens with two attached hydrogens (primary N) is 2. The molecule has 2 aromatic rings. The molecule has 48 heavy (non-hydrogen) atoms. The molecule has 0 aromatic heterocycles. The fourth-order valence-corrected chi connectivity index (χ4v) is 9.75. The van der Waals surface area contributed by atoms with Gasteiger partial charge in [0.15, 0.2) is 0 Å². The quantitative estimate of drug-likeness (QED) is 0.378. The number of amides is 2. The molecule has 260 valence electrons.